The van der Waals surface area contributed by atoms with Gasteiger partial charge in [0.1, 0.15) is 0 Å². The largest absolute Gasteiger partial charge is 0.0695 e. The molecule has 0 aromatic carbocycles. The van der Waals surface area contributed by atoms with Crippen molar-refractivity contribution < 1.29 is 0 Å². The Bertz CT molecular complexity index is 172. The van der Waals surface area contributed by atoms with Gasteiger partial charge in [0.05, 0.1) is 0 Å². The molecule has 0 spiro atoms. The minimum absolute atomic E-state index is 0.994. The van der Waals surface area contributed by atoms with Crippen molar-refractivity contribution in [2.75, 3.05) is 0 Å². The second-order valence-corrected chi connectivity index (χ2v) is 18.8. The molecule has 0 aliphatic heterocycles. The zero-order valence-electron chi connectivity index (χ0n) is 13.0. The van der Waals surface area contributed by atoms with Gasteiger partial charge in [-0.25, -0.2) is 0 Å². The molecule has 0 nitrogen and oxygen atoms in total. The van der Waals surface area contributed by atoms with Crippen LogP contribution in [0.25, 0.3) is 0 Å². The van der Waals surface area contributed by atoms with Crippen LogP contribution in [0.5, 0.6) is 0 Å². The van der Waals surface area contributed by atoms with E-state index in [-0.39, 0.29) is 0 Å². The molecule has 16 heavy (non-hydrogen) atoms. The van der Waals surface area contributed by atoms with Crippen molar-refractivity contribution in [1.29, 1.82) is 0 Å². The van der Waals surface area contributed by atoms with E-state index in [1.807, 2.05) is 0 Å². The average molecular weight is 259 g/mol. The lowest BCUT2D eigenvalue weighted by Gasteiger charge is -2.44. The molecule has 0 amide bonds. The molecule has 0 aliphatic rings. The topological polar surface area (TPSA) is 0 Å². The number of unbranched alkanes of at least 4 members (excludes halogenated alkanes) is 1. The Labute approximate surface area is 106 Å². The van der Waals surface area contributed by atoms with Gasteiger partial charge < -0.3 is 0 Å². The van der Waals surface area contributed by atoms with Crippen molar-refractivity contribution in [3.63, 3.8) is 0 Å². The summed E-state index contributed by atoms with van der Waals surface area (Å²) >= 11 is 0. The Morgan fingerprint density at radius 3 is 1.50 bits per heavy atom. The number of hydrogen-bond donors (Lipinski definition) is 0. The summed E-state index contributed by atoms with van der Waals surface area (Å²) in [6, 6.07) is 0. The fourth-order valence-corrected chi connectivity index (χ4v) is 17.8. The first-order valence-corrected chi connectivity index (χ1v) is 14.3. The molecule has 0 saturated carbocycles. The van der Waals surface area contributed by atoms with E-state index in [1.165, 1.54) is 25.7 Å². The van der Waals surface area contributed by atoms with Crippen molar-refractivity contribution in [3.8, 4) is 0 Å². The fraction of sp³-hybridized carbons (Fsp3) is 1.00. The number of rotatable bonds is 7. The maximum Gasteiger partial charge on any atom is 0.0450 e. The molecule has 0 heterocycles. The molecular formula is C14H34Si2. The molecule has 1 atom stereocenters. The Balaban J connectivity index is 4.86. The molecule has 0 rings (SSSR count). The smallest absolute Gasteiger partial charge is 0.0450 e. The molecule has 0 aliphatic carbocycles. The molecule has 0 aromatic heterocycles. The van der Waals surface area contributed by atoms with Crippen molar-refractivity contribution in [3.05, 3.63) is 0 Å². The van der Waals surface area contributed by atoms with Crippen molar-refractivity contribution in [1.82, 2.24) is 0 Å². The van der Waals surface area contributed by atoms with Gasteiger partial charge in [0, 0.05) is 16.1 Å². The summed E-state index contributed by atoms with van der Waals surface area (Å²) < 4.78 is 0. The summed E-state index contributed by atoms with van der Waals surface area (Å²) in [4.78, 5) is 0. The SMILES string of the molecule is CCCCC(CC)C([Si](C)(C)C)[Si](C)(C)C. The highest BCUT2D eigenvalue weighted by molar-refractivity contribution is 6.96. The van der Waals surface area contributed by atoms with Crippen LogP contribution in [-0.2, 0) is 0 Å². The van der Waals surface area contributed by atoms with Crippen LogP contribution in [-0.4, -0.2) is 16.1 Å². The van der Waals surface area contributed by atoms with Crippen LogP contribution in [0, 0.1) is 5.92 Å². The predicted octanol–water partition coefficient (Wildman–Crippen LogP) is 5.79. The Kier molecular flexibility index (Phi) is 6.56. The standard InChI is InChI=1S/C14H34Si2/c1-9-11-12-13(10-2)14(15(3,4)5)16(6,7)8/h13-14H,9-12H2,1-8H3. The van der Waals surface area contributed by atoms with Gasteiger partial charge >= 0.3 is 0 Å². The lowest BCUT2D eigenvalue weighted by Crippen LogP contribution is -2.47. The van der Waals surface area contributed by atoms with Gasteiger partial charge in [0.25, 0.3) is 0 Å². The van der Waals surface area contributed by atoms with Crippen LogP contribution in [0.15, 0.2) is 0 Å². The van der Waals surface area contributed by atoms with E-state index in [9.17, 15) is 0 Å². The van der Waals surface area contributed by atoms with Gasteiger partial charge in [-0.1, -0.05) is 78.8 Å². The highest BCUT2D eigenvalue weighted by Crippen LogP contribution is 2.42. The normalized spacial score (nSPS) is 15.6. The van der Waals surface area contributed by atoms with Crippen molar-refractivity contribution >= 4 is 16.1 Å². The third-order valence-corrected chi connectivity index (χ3v) is 13.7. The van der Waals surface area contributed by atoms with Gasteiger partial charge in [0.2, 0.25) is 0 Å². The molecule has 0 bridgehead atoms. The molecule has 98 valence electrons. The molecule has 2 heteroatoms. The van der Waals surface area contributed by atoms with Crippen LogP contribution < -0.4 is 0 Å². The van der Waals surface area contributed by atoms with E-state index in [0.717, 1.165) is 11.1 Å². The first kappa shape index (κ1) is 16.4. The van der Waals surface area contributed by atoms with Crippen LogP contribution in [0.4, 0.5) is 0 Å². The third-order valence-electron chi connectivity index (χ3n) is 3.79. The zero-order chi connectivity index (χ0) is 13.0. The Morgan fingerprint density at radius 1 is 0.812 bits per heavy atom. The molecule has 1 unspecified atom stereocenters. The quantitative estimate of drug-likeness (QED) is 0.507. The molecule has 0 N–H and O–H groups in total. The number of hydrogen-bond acceptors (Lipinski definition) is 0. The summed E-state index contributed by atoms with van der Waals surface area (Å²) in [6.07, 6.45) is 5.68. The van der Waals surface area contributed by atoms with E-state index in [0.29, 0.717) is 0 Å². The van der Waals surface area contributed by atoms with Crippen molar-refractivity contribution in [2.24, 2.45) is 5.92 Å². The van der Waals surface area contributed by atoms with Crippen molar-refractivity contribution in [2.45, 2.75) is 84.0 Å². The van der Waals surface area contributed by atoms with E-state index in [1.54, 1.807) is 0 Å². The highest BCUT2D eigenvalue weighted by atomic mass is 28.4. The van der Waals surface area contributed by atoms with E-state index in [4.69, 9.17) is 0 Å². The lowest BCUT2D eigenvalue weighted by molar-refractivity contribution is 0.460. The lowest BCUT2D eigenvalue weighted by atomic mass is 10.0. The van der Waals surface area contributed by atoms with E-state index < -0.39 is 16.1 Å². The van der Waals surface area contributed by atoms with E-state index >= 15 is 0 Å². The second kappa shape index (κ2) is 6.39. The minimum atomic E-state index is -0.994. The third kappa shape index (κ3) is 5.18. The predicted molar refractivity (Wildman–Crippen MR) is 83.7 cm³/mol. The van der Waals surface area contributed by atoms with Crippen LogP contribution in [0.2, 0.25) is 44.4 Å². The summed E-state index contributed by atoms with van der Waals surface area (Å²) in [5, 5.41) is 1.09. The molecule has 0 radical (unpaired) electrons. The molecule has 0 fully saturated rings. The van der Waals surface area contributed by atoms with Gasteiger partial charge in [-0.2, -0.15) is 0 Å². The van der Waals surface area contributed by atoms with Gasteiger partial charge in [0.15, 0.2) is 0 Å². The first-order valence-electron chi connectivity index (χ1n) is 7.14. The summed E-state index contributed by atoms with van der Waals surface area (Å²) in [7, 11) is -1.99. The van der Waals surface area contributed by atoms with E-state index in [2.05, 4.69) is 53.1 Å². The van der Waals surface area contributed by atoms with Gasteiger partial charge in [-0.05, 0) is 11.1 Å². The summed E-state index contributed by atoms with van der Waals surface area (Å²) in [5.74, 6) is 1.01. The average Bonchev–Trinajstić information content (AvgIpc) is 2.07. The fourth-order valence-electron chi connectivity index (χ4n) is 3.79. The Hall–Kier alpha value is 0.434. The molecule has 0 saturated heterocycles. The maximum atomic E-state index is 2.59. The van der Waals surface area contributed by atoms with Crippen LogP contribution in [0.3, 0.4) is 0 Å². The summed E-state index contributed by atoms with van der Waals surface area (Å²) in [5.41, 5.74) is 0. The minimum Gasteiger partial charge on any atom is -0.0695 e. The Morgan fingerprint density at radius 2 is 1.25 bits per heavy atom. The molecular weight excluding hydrogens is 224 g/mol. The van der Waals surface area contributed by atoms with Gasteiger partial charge in [-0.15, -0.1) is 0 Å². The highest BCUT2D eigenvalue weighted by Gasteiger charge is 2.41. The maximum absolute atomic E-state index is 2.59. The zero-order valence-corrected chi connectivity index (χ0v) is 15.0. The van der Waals surface area contributed by atoms with Gasteiger partial charge in [-0.3, -0.25) is 0 Å². The summed E-state index contributed by atoms with van der Waals surface area (Å²) in [6.45, 7) is 20.3. The monoisotopic (exact) mass is 258 g/mol. The van der Waals surface area contributed by atoms with Crippen LogP contribution >= 0.6 is 0 Å². The molecule has 0 aromatic rings. The first-order chi connectivity index (χ1) is 7.14. The van der Waals surface area contributed by atoms with Crippen LogP contribution in [0.1, 0.15) is 39.5 Å². The second-order valence-electron chi connectivity index (χ2n) is 7.52.